The van der Waals surface area contributed by atoms with Gasteiger partial charge >= 0.3 is 6.18 Å². The smallest absolute Gasteiger partial charge is 0.377 e. The van der Waals surface area contributed by atoms with Crippen LogP contribution in [0.3, 0.4) is 0 Å². The van der Waals surface area contributed by atoms with E-state index in [-0.39, 0.29) is 18.6 Å². The number of alkyl halides is 3. The van der Waals surface area contributed by atoms with Crippen molar-refractivity contribution < 1.29 is 17.9 Å². The van der Waals surface area contributed by atoms with Crippen LogP contribution in [-0.4, -0.2) is 31.5 Å². The van der Waals surface area contributed by atoms with Gasteiger partial charge in [0.05, 0.1) is 6.10 Å². The molecule has 96 valence electrons. The fourth-order valence-electron chi connectivity index (χ4n) is 1.85. The van der Waals surface area contributed by atoms with Crippen LogP contribution in [0.1, 0.15) is 39.0 Å². The first-order valence-electron chi connectivity index (χ1n) is 5.89. The Labute approximate surface area is 94.5 Å². The normalized spacial score (nSPS) is 23.6. The van der Waals surface area contributed by atoms with Crippen LogP contribution in [0.15, 0.2) is 0 Å². The van der Waals surface area contributed by atoms with Gasteiger partial charge in [-0.1, -0.05) is 0 Å². The highest BCUT2D eigenvalue weighted by atomic mass is 19.4. The number of hydrogen-bond acceptors (Lipinski definition) is 2. The van der Waals surface area contributed by atoms with E-state index in [0.717, 1.165) is 26.0 Å². The van der Waals surface area contributed by atoms with Gasteiger partial charge in [-0.05, 0) is 32.6 Å². The SMILES string of the molecule is CC(CCCC(F)(F)F)NCC1CCCO1. The highest BCUT2D eigenvalue weighted by molar-refractivity contribution is 4.70. The molecule has 0 aromatic heterocycles. The maximum absolute atomic E-state index is 11.9. The Morgan fingerprint density at radius 3 is 2.75 bits per heavy atom. The van der Waals surface area contributed by atoms with E-state index in [0.29, 0.717) is 6.42 Å². The minimum atomic E-state index is -4.02. The zero-order valence-corrected chi connectivity index (χ0v) is 9.65. The Kier molecular flexibility index (Phi) is 5.55. The number of rotatable bonds is 6. The predicted octanol–water partition coefficient (Wildman–Crippen LogP) is 2.88. The monoisotopic (exact) mass is 239 g/mol. The lowest BCUT2D eigenvalue weighted by molar-refractivity contribution is -0.135. The van der Waals surface area contributed by atoms with Crippen molar-refractivity contribution in [1.29, 1.82) is 0 Å². The number of halogens is 3. The van der Waals surface area contributed by atoms with Gasteiger partial charge in [0.2, 0.25) is 0 Å². The zero-order valence-electron chi connectivity index (χ0n) is 9.65. The molecule has 2 nitrogen and oxygen atoms in total. The summed E-state index contributed by atoms with van der Waals surface area (Å²) in [5.41, 5.74) is 0. The van der Waals surface area contributed by atoms with Gasteiger partial charge in [-0.15, -0.1) is 0 Å². The second-order valence-corrected chi connectivity index (χ2v) is 4.45. The molecule has 1 heterocycles. The Morgan fingerprint density at radius 2 is 2.19 bits per heavy atom. The van der Waals surface area contributed by atoms with Crippen LogP contribution >= 0.6 is 0 Å². The summed E-state index contributed by atoms with van der Waals surface area (Å²) in [6.45, 7) is 3.49. The molecule has 0 aliphatic carbocycles. The van der Waals surface area contributed by atoms with Crippen molar-refractivity contribution in [2.45, 2.75) is 57.3 Å². The molecule has 0 aromatic rings. The average Bonchev–Trinajstić information content (AvgIpc) is 2.65. The molecule has 0 bridgehead atoms. The standard InChI is InChI=1S/C11H20F3NO/c1-9(4-2-6-11(12,13)14)15-8-10-5-3-7-16-10/h9-10,15H,2-8H2,1H3. The van der Waals surface area contributed by atoms with Gasteiger partial charge < -0.3 is 10.1 Å². The summed E-state index contributed by atoms with van der Waals surface area (Å²) in [6.07, 6.45) is -1.54. The molecule has 1 saturated heterocycles. The van der Waals surface area contributed by atoms with Crippen molar-refractivity contribution in [2.75, 3.05) is 13.2 Å². The van der Waals surface area contributed by atoms with Crippen molar-refractivity contribution >= 4 is 0 Å². The quantitative estimate of drug-likeness (QED) is 0.769. The van der Waals surface area contributed by atoms with E-state index in [1.807, 2.05) is 6.92 Å². The summed E-state index contributed by atoms with van der Waals surface area (Å²) in [6, 6.07) is 0.131. The van der Waals surface area contributed by atoms with Crippen molar-refractivity contribution in [3.63, 3.8) is 0 Å². The maximum atomic E-state index is 11.9. The largest absolute Gasteiger partial charge is 0.389 e. The van der Waals surface area contributed by atoms with Gasteiger partial charge in [0.1, 0.15) is 0 Å². The van der Waals surface area contributed by atoms with Crippen molar-refractivity contribution in [2.24, 2.45) is 0 Å². The highest BCUT2D eigenvalue weighted by Crippen LogP contribution is 2.22. The lowest BCUT2D eigenvalue weighted by Gasteiger charge is -2.17. The molecule has 0 saturated carbocycles. The fraction of sp³-hybridized carbons (Fsp3) is 1.00. The summed E-state index contributed by atoms with van der Waals surface area (Å²) in [4.78, 5) is 0. The van der Waals surface area contributed by atoms with E-state index in [1.54, 1.807) is 0 Å². The van der Waals surface area contributed by atoms with Crippen LogP contribution < -0.4 is 5.32 Å². The Bertz CT molecular complexity index is 190. The van der Waals surface area contributed by atoms with E-state index in [9.17, 15) is 13.2 Å². The predicted molar refractivity (Wildman–Crippen MR) is 56.3 cm³/mol. The van der Waals surface area contributed by atoms with E-state index in [1.165, 1.54) is 0 Å². The molecule has 5 heteroatoms. The summed E-state index contributed by atoms with van der Waals surface area (Å²) >= 11 is 0. The van der Waals surface area contributed by atoms with Gasteiger partial charge in [0.25, 0.3) is 0 Å². The van der Waals surface area contributed by atoms with Crippen molar-refractivity contribution in [1.82, 2.24) is 5.32 Å². The summed E-state index contributed by atoms with van der Waals surface area (Å²) in [5.74, 6) is 0. The molecule has 1 aliphatic rings. The molecule has 1 rings (SSSR count). The first-order chi connectivity index (χ1) is 7.47. The number of ether oxygens (including phenoxy) is 1. The van der Waals surface area contributed by atoms with Crippen LogP contribution in [0.5, 0.6) is 0 Å². The molecule has 16 heavy (non-hydrogen) atoms. The third-order valence-corrected chi connectivity index (χ3v) is 2.82. The molecule has 0 amide bonds. The molecule has 2 unspecified atom stereocenters. The Balaban J connectivity index is 2.00. The van der Waals surface area contributed by atoms with Crippen molar-refractivity contribution in [3.8, 4) is 0 Å². The summed E-state index contributed by atoms with van der Waals surface area (Å²) in [7, 11) is 0. The van der Waals surface area contributed by atoms with Crippen LogP contribution in [0.4, 0.5) is 13.2 Å². The molecular formula is C11H20F3NO. The van der Waals surface area contributed by atoms with E-state index in [4.69, 9.17) is 4.74 Å². The van der Waals surface area contributed by atoms with Crippen LogP contribution in [0.2, 0.25) is 0 Å². The lowest BCUT2D eigenvalue weighted by atomic mass is 10.1. The second-order valence-electron chi connectivity index (χ2n) is 4.45. The Hall–Kier alpha value is -0.290. The van der Waals surface area contributed by atoms with E-state index < -0.39 is 12.6 Å². The van der Waals surface area contributed by atoms with E-state index in [2.05, 4.69) is 5.32 Å². The summed E-state index contributed by atoms with van der Waals surface area (Å²) in [5, 5.41) is 3.22. The maximum Gasteiger partial charge on any atom is 0.389 e. The molecule has 1 N–H and O–H groups in total. The molecule has 1 aliphatic heterocycles. The van der Waals surface area contributed by atoms with Crippen LogP contribution in [0.25, 0.3) is 0 Å². The first-order valence-corrected chi connectivity index (χ1v) is 5.89. The summed E-state index contributed by atoms with van der Waals surface area (Å²) < 4.78 is 41.1. The lowest BCUT2D eigenvalue weighted by Crippen LogP contribution is -2.33. The Morgan fingerprint density at radius 1 is 1.44 bits per heavy atom. The number of hydrogen-bond donors (Lipinski definition) is 1. The number of nitrogens with one attached hydrogen (secondary N) is 1. The molecular weight excluding hydrogens is 219 g/mol. The molecule has 1 fully saturated rings. The molecule has 2 atom stereocenters. The third-order valence-electron chi connectivity index (χ3n) is 2.82. The van der Waals surface area contributed by atoms with Gasteiger partial charge in [-0.2, -0.15) is 13.2 Å². The third kappa shape index (κ3) is 6.33. The topological polar surface area (TPSA) is 21.3 Å². The zero-order chi connectivity index (χ0) is 12.0. The second kappa shape index (κ2) is 6.45. The van der Waals surface area contributed by atoms with Gasteiger partial charge in [0.15, 0.2) is 0 Å². The van der Waals surface area contributed by atoms with Crippen LogP contribution in [0, 0.1) is 0 Å². The van der Waals surface area contributed by atoms with Crippen LogP contribution in [-0.2, 0) is 4.74 Å². The molecule has 0 aromatic carbocycles. The highest BCUT2D eigenvalue weighted by Gasteiger charge is 2.26. The van der Waals surface area contributed by atoms with E-state index >= 15 is 0 Å². The van der Waals surface area contributed by atoms with Gasteiger partial charge in [-0.3, -0.25) is 0 Å². The minimum Gasteiger partial charge on any atom is -0.377 e. The first kappa shape index (κ1) is 13.8. The van der Waals surface area contributed by atoms with Gasteiger partial charge in [-0.25, -0.2) is 0 Å². The van der Waals surface area contributed by atoms with Gasteiger partial charge in [0, 0.05) is 25.6 Å². The fourth-order valence-corrected chi connectivity index (χ4v) is 1.85. The van der Waals surface area contributed by atoms with Crippen molar-refractivity contribution in [3.05, 3.63) is 0 Å². The average molecular weight is 239 g/mol. The molecule has 0 spiro atoms. The molecule has 0 radical (unpaired) electrons. The minimum absolute atomic E-state index is 0.131.